The number of sulfonamides is 1. The lowest BCUT2D eigenvalue weighted by molar-refractivity contribution is 0.505. The fourth-order valence-corrected chi connectivity index (χ4v) is 3.86. The van der Waals surface area contributed by atoms with Gasteiger partial charge in [0.15, 0.2) is 5.17 Å². The van der Waals surface area contributed by atoms with Gasteiger partial charge in [-0.05, 0) is 30.7 Å². The van der Waals surface area contributed by atoms with Crippen LogP contribution in [0.1, 0.15) is 6.42 Å². The second-order valence-corrected chi connectivity index (χ2v) is 7.03. The average molecular weight is 305 g/mol. The fraction of sp³-hybridized carbons (Fsp3) is 0.364. The van der Waals surface area contributed by atoms with E-state index in [1.165, 1.54) is 23.9 Å². The molecule has 1 heterocycles. The minimum atomic E-state index is -3.64. The van der Waals surface area contributed by atoms with Gasteiger partial charge in [0.05, 0.1) is 4.90 Å². The van der Waals surface area contributed by atoms with Crippen molar-refractivity contribution in [3.05, 3.63) is 29.3 Å². The van der Waals surface area contributed by atoms with Gasteiger partial charge >= 0.3 is 0 Å². The van der Waals surface area contributed by atoms with Crippen molar-refractivity contribution >= 4 is 38.6 Å². The van der Waals surface area contributed by atoms with Gasteiger partial charge in [0.25, 0.3) is 10.0 Å². The molecule has 1 fully saturated rings. The number of halogens is 1. The van der Waals surface area contributed by atoms with E-state index in [0.717, 1.165) is 18.7 Å². The molecule has 0 aromatic heterocycles. The summed E-state index contributed by atoms with van der Waals surface area (Å²) in [4.78, 5) is 2.03. The van der Waals surface area contributed by atoms with Crippen LogP contribution in [-0.2, 0) is 10.0 Å². The molecule has 0 N–H and O–H groups in total. The lowest BCUT2D eigenvalue weighted by Crippen LogP contribution is -2.30. The van der Waals surface area contributed by atoms with Gasteiger partial charge in [0, 0.05) is 24.4 Å². The first-order valence-corrected chi connectivity index (χ1v) is 8.24. The normalized spacial score (nSPS) is 19.2. The van der Waals surface area contributed by atoms with Gasteiger partial charge in [-0.25, -0.2) is 0 Å². The first-order chi connectivity index (χ1) is 8.49. The van der Waals surface area contributed by atoms with E-state index in [1.54, 1.807) is 12.1 Å². The molecule has 0 amide bonds. The van der Waals surface area contributed by atoms with Crippen LogP contribution in [0.4, 0.5) is 0 Å². The van der Waals surface area contributed by atoms with Gasteiger partial charge in [-0.1, -0.05) is 23.4 Å². The molecule has 1 aliphatic heterocycles. The van der Waals surface area contributed by atoms with Gasteiger partial charge in [0.1, 0.15) is 0 Å². The molecular weight excluding hydrogens is 292 g/mol. The molecule has 0 saturated carbocycles. The summed E-state index contributed by atoms with van der Waals surface area (Å²) in [7, 11) is -1.79. The van der Waals surface area contributed by atoms with Crippen LogP contribution in [0.2, 0.25) is 5.02 Å². The molecule has 2 rings (SSSR count). The maximum atomic E-state index is 12.1. The van der Waals surface area contributed by atoms with Crippen molar-refractivity contribution in [2.45, 2.75) is 11.3 Å². The van der Waals surface area contributed by atoms with Gasteiger partial charge < -0.3 is 4.90 Å². The summed E-state index contributed by atoms with van der Waals surface area (Å²) in [5.41, 5.74) is 0. The van der Waals surface area contributed by atoms with Crippen molar-refractivity contribution < 1.29 is 8.42 Å². The van der Waals surface area contributed by atoms with Crippen LogP contribution in [0.5, 0.6) is 0 Å². The summed E-state index contributed by atoms with van der Waals surface area (Å²) in [5.74, 6) is 0.902. The smallest absolute Gasteiger partial charge is 0.284 e. The minimum Gasteiger partial charge on any atom is -0.354 e. The van der Waals surface area contributed by atoms with E-state index in [-0.39, 0.29) is 4.90 Å². The van der Waals surface area contributed by atoms with E-state index in [0.29, 0.717) is 10.2 Å². The molecule has 0 radical (unpaired) electrons. The molecular formula is C11H13ClN2O2S2. The summed E-state index contributed by atoms with van der Waals surface area (Å²) in [6.07, 6.45) is 1.04. The third kappa shape index (κ3) is 3.18. The standard InChI is InChI=1S/C11H13ClN2O2S2/c1-14-7-2-8-17-11(14)13-18(15,16)10-5-3-9(12)4-6-10/h3-6H,2,7-8H2,1H3/b13-11+. The Hall–Kier alpha value is -0.720. The van der Waals surface area contributed by atoms with E-state index in [1.807, 2.05) is 11.9 Å². The SMILES string of the molecule is CN1CCCS/C1=N/S(=O)(=O)c1ccc(Cl)cc1. The first-order valence-electron chi connectivity index (χ1n) is 5.43. The molecule has 18 heavy (non-hydrogen) atoms. The Balaban J connectivity index is 2.31. The third-order valence-corrected chi connectivity index (χ3v) is 5.31. The second kappa shape index (κ2) is 5.50. The molecule has 0 atom stereocenters. The van der Waals surface area contributed by atoms with Crippen LogP contribution in [0.3, 0.4) is 0 Å². The van der Waals surface area contributed by atoms with Crippen molar-refractivity contribution in [3.8, 4) is 0 Å². The highest BCUT2D eigenvalue weighted by Crippen LogP contribution is 2.21. The molecule has 1 saturated heterocycles. The largest absolute Gasteiger partial charge is 0.354 e. The monoisotopic (exact) mass is 304 g/mol. The molecule has 1 aromatic carbocycles. The summed E-state index contributed by atoms with van der Waals surface area (Å²) in [6.45, 7) is 0.835. The Kier molecular flexibility index (Phi) is 4.19. The van der Waals surface area contributed by atoms with E-state index in [4.69, 9.17) is 11.6 Å². The molecule has 0 bridgehead atoms. The number of thioether (sulfide) groups is 1. The maximum Gasteiger partial charge on any atom is 0.284 e. The van der Waals surface area contributed by atoms with Crippen LogP contribution in [0, 0.1) is 0 Å². The van der Waals surface area contributed by atoms with Crippen LogP contribution in [0.25, 0.3) is 0 Å². The Morgan fingerprint density at radius 1 is 1.33 bits per heavy atom. The minimum absolute atomic E-state index is 0.166. The predicted molar refractivity (Wildman–Crippen MR) is 75.8 cm³/mol. The van der Waals surface area contributed by atoms with E-state index >= 15 is 0 Å². The average Bonchev–Trinajstić information content (AvgIpc) is 2.32. The Morgan fingerprint density at radius 2 is 2.00 bits per heavy atom. The van der Waals surface area contributed by atoms with Crippen molar-refractivity contribution in [2.24, 2.45) is 4.40 Å². The van der Waals surface area contributed by atoms with Gasteiger partial charge in [-0.2, -0.15) is 8.42 Å². The zero-order chi connectivity index (χ0) is 13.2. The molecule has 7 heteroatoms. The van der Waals surface area contributed by atoms with Gasteiger partial charge in [-0.15, -0.1) is 4.40 Å². The maximum absolute atomic E-state index is 12.1. The molecule has 0 aliphatic carbocycles. The topological polar surface area (TPSA) is 49.7 Å². The molecule has 1 aromatic rings. The van der Waals surface area contributed by atoms with Gasteiger partial charge in [-0.3, -0.25) is 0 Å². The summed E-state index contributed by atoms with van der Waals surface area (Å²) in [5, 5.41) is 1.06. The van der Waals surface area contributed by atoms with E-state index in [9.17, 15) is 8.42 Å². The lowest BCUT2D eigenvalue weighted by atomic mass is 10.4. The molecule has 0 spiro atoms. The van der Waals surface area contributed by atoms with Crippen LogP contribution < -0.4 is 0 Å². The molecule has 1 aliphatic rings. The highest BCUT2D eigenvalue weighted by molar-refractivity contribution is 8.14. The number of amidine groups is 1. The van der Waals surface area contributed by atoms with Crippen molar-refractivity contribution in [1.82, 2.24) is 4.90 Å². The van der Waals surface area contributed by atoms with Crippen molar-refractivity contribution in [1.29, 1.82) is 0 Å². The number of hydrogen-bond donors (Lipinski definition) is 0. The summed E-state index contributed by atoms with van der Waals surface area (Å²) >= 11 is 7.20. The highest BCUT2D eigenvalue weighted by atomic mass is 35.5. The number of nitrogens with zero attached hydrogens (tertiary/aromatic N) is 2. The van der Waals surface area contributed by atoms with E-state index < -0.39 is 10.0 Å². The second-order valence-electron chi connectivity index (χ2n) is 3.93. The number of benzene rings is 1. The van der Waals surface area contributed by atoms with Gasteiger partial charge in [0.2, 0.25) is 0 Å². The zero-order valence-electron chi connectivity index (χ0n) is 9.84. The first kappa shape index (κ1) is 13.7. The van der Waals surface area contributed by atoms with Crippen molar-refractivity contribution in [2.75, 3.05) is 19.3 Å². The fourth-order valence-electron chi connectivity index (χ4n) is 1.53. The summed E-state index contributed by atoms with van der Waals surface area (Å²) in [6, 6.07) is 6.03. The lowest BCUT2D eigenvalue weighted by Gasteiger charge is -2.24. The predicted octanol–water partition coefficient (Wildman–Crippen LogP) is 2.45. The Labute approximate surface area is 116 Å². The third-order valence-electron chi connectivity index (χ3n) is 2.51. The highest BCUT2D eigenvalue weighted by Gasteiger charge is 2.19. The van der Waals surface area contributed by atoms with Crippen molar-refractivity contribution in [3.63, 3.8) is 0 Å². The van der Waals surface area contributed by atoms with Crippen LogP contribution in [-0.4, -0.2) is 37.8 Å². The molecule has 0 unspecified atom stereocenters. The Bertz CT molecular complexity index is 555. The number of rotatable bonds is 2. The Morgan fingerprint density at radius 3 is 2.61 bits per heavy atom. The quantitative estimate of drug-likeness (QED) is 0.842. The van der Waals surface area contributed by atoms with E-state index in [2.05, 4.69) is 4.40 Å². The molecule has 98 valence electrons. The van der Waals surface area contributed by atoms with Crippen LogP contribution >= 0.6 is 23.4 Å². The summed E-state index contributed by atoms with van der Waals surface area (Å²) < 4.78 is 28.1. The van der Waals surface area contributed by atoms with Crippen LogP contribution in [0.15, 0.2) is 33.6 Å². The zero-order valence-corrected chi connectivity index (χ0v) is 12.2. The number of hydrogen-bond acceptors (Lipinski definition) is 3. The molecule has 4 nitrogen and oxygen atoms in total.